The fraction of sp³-hybridized carbons (Fsp3) is 0.400. The number of aryl methyl sites for hydroxylation is 1. The van der Waals surface area contributed by atoms with Gasteiger partial charge in [-0.1, -0.05) is 12.1 Å². The van der Waals surface area contributed by atoms with Gasteiger partial charge in [0.05, 0.1) is 6.10 Å². The average Bonchev–Trinajstić information content (AvgIpc) is 3.40. The summed E-state index contributed by atoms with van der Waals surface area (Å²) in [4.78, 5) is 26.1. The van der Waals surface area contributed by atoms with E-state index in [0.717, 1.165) is 48.5 Å². The zero-order valence-electron chi connectivity index (χ0n) is 19.1. The number of likely N-dealkylation sites (N-methyl/N-ethyl adjacent to an activating group) is 1. The Kier molecular flexibility index (Phi) is 7.49. The quantitative estimate of drug-likeness (QED) is 0.535. The Morgan fingerprint density at radius 3 is 2.62 bits per heavy atom. The highest BCUT2D eigenvalue weighted by Gasteiger charge is 2.20. The molecule has 32 heavy (non-hydrogen) atoms. The van der Waals surface area contributed by atoms with Gasteiger partial charge in [-0.05, 0) is 62.1 Å². The average molecular weight is 435 g/mol. The molecule has 0 radical (unpaired) electrons. The molecule has 1 aromatic carbocycles. The molecule has 1 aliphatic rings. The first-order valence-electron chi connectivity index (χ1n) is 10.8. The van der Waals surface area contributed by atoms with Gasteiger partial charge in [-0.2, -0.15) is 5.26 Å². The Labute approximate surface area is 189 Å². The van der Waals surface area contributed by atoms with E-state index < -0.39 is 0 Å². The molecule has 1 aromatic heterocycles. The Hall–Kier alpha value is -3.37. The van der Waals surface area contributed by atoms with Crippen molar-refractivity contribution in [3.05, 3.63) is 64.0 Å². The molecule has 0 saturated carbocycles. The lowest BCUT2D eigenvalue weighted by Crippen LogP contribution is -2.27. The summed E-state index contributed by atoms with van der Waals surface area (Å²) in [6.07, 6.45) is 4.03. The summed E-state index contributed by atoms with van der Waals surface area (Å²) in [7, 11) is 3.25. The molecular weight excluding hydrogens is 404 g/mol. The zero-order valence-corrected chi connectivity index (χ0v) is 19.1. The number of ether oxygens (including phenoxy) is 1. The number of nitrogens with one attached hydrogen (secondary N) is 1. The standard InChI is InChI=1S/C25H30N4O3/c1-17-12-21(18(2)29(17)16-23-6-5-11-32-23)13-22(14-26)25(31)28(4)15-19-7-9-20(10-8-19)24(30)27-3/h7-10,12-13,23H,5-6,11,15-16H2,1-4H3,(H,27,30)/b22-13+. The van der Waals surface area contributed by atoms with Crippen LogP contribution in [0.3, 0.4) is 0 Å². The van der Waals surface area contributed by atoms with Crippen molar-refractivity contribution < 1.29 is 14.3 Å². The van der Waals surface area contributed by atoms with Gasteiger partial charge in [0.25, 0.3) is 11.8 Å². The molecule has 1 fully saturated rings. The smallest absolute Gasteiger partial charge is 0.264 e. The summed E-state index contributed by atoms with van der Waals surface area (Å²) < 4.78 is 7.95. The Balaban J connectivity index is 1.73. The molecule has 2 aromatic rings. The second-order valence-electron chi connectivity index (χ2n) is 8.18. The number of hydrogen-bond donors (Lipinski definition) is 1. The molecule has 168 valence electrons. The summed E-state index contributed by atoms with van der Waals surface area (Å²) in [5, 5.41) is 12.2. The van der Waals surface area contributed by atoms with Gasteiger partial charge in [0.2, 0.25) is 0 Å². The van der Waals surface area contributed by atoms with Crippen molar-refractivity contribution in [1.29, 1.82) is 5.26 Å². The molecule has 7 heteroatoms. The number of benzene rings is 1. The molecule has 0 bridgehead atoms. The van der Waals surface area contributed by atoms with E-state index in [4.69, 9.17) is 4.74 Å². The molecule has 1 unspecified atom stereocenters. The predicted octanol–water partition coefficient (Wildman–Crippen LogP) is 3.21. The zero-order chi connectivity index (χ0) is 23.3. The second kappa shape index (κ2) is 10.3. The third-order valence-corrected chi connectivity index (χ3v) is 5.88. The molecule has 0 spiro atoms. The van der Waals surface area contributed by atoms with Crippen LogP contribution < -0.4 is 5.32 Å². The topological polar surface area (TPSA) is 87.4 Å². The van der Waals surface area contributed by atoms with Crippen LogP contribution in [0.25, 0.3) is 6.08 Å². The second-order valence-corrected chi connectivity index (χ2v) is 8.18. The lowest BCUT2D eigenvalue weighted by Gasteiger charge is -2.17. The van der Waals surface area contributed by atoms with Gasteiger partial charge < -0.3 is 19.5 Å². The fourth-order valence-electron chi connectivity index (χ4n) is 4.00. The number of hydrogen-bond acceptors (Lipinski definition) is 4. The number of aromatic nitrogens is 1. The minimum Gasteiger partial charge on any atom is -0.376 e. The van der Waals surface area contributed by atoms with Crippen molar-refractivity contribution in [2.24, 2.45) is 0 Å². The predicted molar refractivity (Wildman–Crippen MR) is 123 cm³/mol. The highest BCUT2D eigenvalue weighted by Crippen LogP contribution is 2.22. The molecular formula is C25H30N4O3. The lowest BCUT2D eigenvalue weighted by molar-refractivity contribution is -0.125. The Morgan fingerprint density at radius 2 is 2.03 bits per heavy atom. The summed E-state index contributed by atoms with van der Waals surface area (Å²) in [6.45, 7) is 5.97. The number of amides is 2. The molecule has 7 nitrogen and oxygen atoms in total. The normalized spacial score (nSPS) is 16.0. The first kappa shape index (κ1) is 23.3. The highest BCUT2D eigenvalue weighted by atomic mass is 16.5. The van der Waals surface area contributed by atoms with Gasteiger partial charge in [0.15, 0.2) is 0 Å². The molecule has 1 saturated heterocycles. The van der Waals surface area contributed by atoms with Crippen LogP contribution in [-0.4, -0.2) is 48.1 Å². The van der Waals surface area contributed by atoms with E-state index in [1.165, 1.54) is 4.90 Å². The number of carbonyl (C=O) groups excluding carboxylic acids is 2. The summed E-state index contributed by atoms with van der Waals surface area (Å²) >= 11 is 0. The number of carbonyl (C=O) groups is 2. The van der Waals surface area contributed by atoms with E-state index in [2.05, 4.69) is 16.0 Å². The molecule has 2 heterocycles. The third-order valence-electron chi connectivity index (χ3n) is 5.88. The maximum atomic E-state index is 12.9. The van der Waals surface area contributed by atoms with Crippen molar-refractivity contribution in [1.82, 2.24) is 14.8 Å². The van der Waals surface area contributed by atoms with Crippen molar-refractivity contribution in [2.75, 3.05) is 20.7 Å². The molecule has 1 atom stereocenters. The monoisotopic (exact) mass is 434 g/mol. The first-order chi connectivity index (χ1) is 15.3. The van der Waals surface area contributed by atoms with E-state index in [9.17, 15) is 14.9 Å². The Morgan fingerprint density at radius 1 is 1.31 bits per heavy atom. The third kappa shape index (κ3) is 5.27. The first-order valence-corrected chi connectivity index (χ1v) is 10.8. The van der Waals surface area contributed by atoms with Crippen LogP contribution >= 0.6 is 0 Å². The van der Waals surface area contributed by atoms with Crippen molar-refractivity contribution in [2.45, 2.75) is 45.9 Å². The highest BCUT2D eigenvalue weighted by molar-refractivity contribution is 6.01. The van der Waals surface area contributed by atoms with Crippen LogP contribution in [0.1, 0.15) is 45.7 Å². The van der Waals surface area contributed by atoms with Crippen molar-refractivity contribution >= 4 is 17.9 Å². The fourth-order valence-corrected chi connectivity index (χ4v) is 4.00. The maximum Gasteiger partial charge on any atom is 0.264 e. The summed E-state index contributed by atoms with van der Waals surface area (Å²) in [6, 6.07) is 11.1. The molecule has 2 amide bonds. The van der Waals surface area contributed by atoms with Gasteiger partial charge in [0.1, 0.15) is 11.6 Å². The van der Waals surface area contributed by atoms with Crippen LogP contribution in [0, 0.1) is 25.2 Å². The van der Waals surface area contributed by atoms with Crippen LogP contribution in [0.5, 0.6) is 0 Å². The van der Waals surface area contributed by atoms with E-state index in [0.29, 0.717) is 12.1 Å². The van der Waals surface area contributed by atoms with Crippen LogP contribution in [0.2, 0.25) is 0 Å². The SMILES string of the molecule is CNC(=O)c1ccc(CN(C)C(=O)/C(C#N)=C/c2cc(C)n(CC3CCCO3)c2C)cc1. The maximum absolute atomic E-state index is 12.9. The summed E-state index contributed by atoms with van der Waals surface area (Å²) in [5.74, 6) is -0.500. The minimum atomic E-state index is -0.341. The molecule has 3 rings (SSSR count). The molecule has 1 aliphatic heterocycles. The van der Waals surface area contributed by atoms with Crippen molar-refractivity contribution in [3.63, 3.8) is 0 Å². The van der Waals surface area contributed by atoms with Gasteiger partial charge in [-0.15, -0.1) is 0 Å². The lowest BCUT2D eigenvalue weighted by atomic mass is 10.1. The van der Waals surface area contributed by atoms with Crippen molar-refractivity contribution in [3.8, 4) is 6.07 Å². The number of nitriles is 1. The van der Waals surface area contributed by atoms with Crippen LogP contribution in [-0.2, 0) is 22.6 Å². The summed E-state index contributed by atoms with van der Waals surface area (Å²) in [5.41, 5.74) is 4.49. The van der Waals surface area contributed by atoms with Gasteiger partial charge >= 0.3 is 0 Å². The number of nitrogens with zero attached hydrogens (tertiary/aromatic N) is 3. The van der Waals surface area contributed by atoms with E-state index >= 15 is 0 Å². The molecule has 0 aliphatic carbocycles. The van der Waals surface area contributed by atoms with Crippen LogP contribution in [0.15, 0.2) is 35.9 Å². The van der Waals surface area contributed by atoms with E-state index in [-0.39, 0.29) is 23.5 Å². The van der Waals surface area contributed by atoms with E-state index in [1.54, 1.807) is 32.3 Å². The van der Waals surface area contributed by atoms with E-state index in [1.807, 2.05) is 32.0 Å². The van der Waals surface area contributed by atoms with Gasteiger partial charge in [-0.25, -0.2) is 0 Å². The van der Waals surface area contributed by atoms with Gasteiger partial charge in [0, 0.05) is 50.7 Å². The molecule has 1 N–H and O–H groups in total. The Bertz CT molecular complexity index is 1050. The van der Waals surface area contributed by atoms with Gasteiger partial charge in [-0.3, -0.25) is 9.59 Å². The number of rotatable bonds is 7. The largest absolute Gasteiger partial charge is 0.376 e. The van der Waals surface area contributed by atoms with Crippen LogP contribution in [0.4, 0.5) is 0 Å². The minimum absolute atomic E-state index is 0.0897.